The third kappa shape index (κ3) is 5.99. The number of carbonyl (C=O) groups excluding carboxylic acids is 2. The Kier molecular flexibility index (Phi) is 7.53. The van der Waals surface area contributed by atoms with Gasteiger partial charge in [-0.05, 0) is 23.6 Å². The number of aromatic amines is 1. The lowest BCUT2D eigenvalue weighted by atomic mass is 10.1. The van der Waals surface area contributed by atoms with E-state index in [1.807, 2.05) is 60.8 Å². The van der Waals surface area contributed by atoms with Crippen LogP contribution in [0.25, 0.3) is 10.9 Å². The van der Waals surface area contributed by atoms with Crippen molar-refractivity contribution in [1.82, 2.24) is 10.3 Å². The van der Waals surface area contributed by atoms with Gasteiger partial charge in [0.15, 0.2) is 0 Å². The van der Waals surface area contributed by atoms with Crippen molar-refractivity contribution in [3.8, 4) is 0 Å². The van der Waals surface area contributed by atoms with Crippen LogP contribution in [0.15, 0.2) is 60.8 Å². The molecule has 0 fully saturated rings. The summed E-state index contributed by atoms with van der Waals surface area (Å²) in [5.74, 6) is -0.126. The van der Waals surface area contributed by atoms with Gasteiger partial charge in [0.05, 0.1) is 6.61 Å². The molecule has 0 radical (unpaired) electrons. The van der Waals surface area contributed by atoms with Crippen LogP contribution in [0.1, 0.15) is 17.5 Å². The van der Waals surface area contributed by atoms with Crippen LogP contribution >= 0.6 is 11.6 Å². The van der Waals surface area contributed by atoms with E-state index in [-0.39, 0.29) is 19.6 Å². The van der Waals surface area contributed by atoms with Gasteiger partial charge in [0.25, 0.3) is 0 Å². The molecule has 0 saturated heterocycles. The maximum absolute atomic E-state index is 12.7. The summed E-state index contributed by atoms with van der Waals surface area (Å²) < 4.78 is 10.5. The van der Waals surface area contributed by atoms with Crippen molar-refractivity contribution in [2.24, 2.45) is 0 Å². The molecule has 0 aliphatic heterocycles. The molecule has 152 valence electrons. The predicted octanol–water partition coefficient (Wildman–Crippen LogP) is 4.18. The monoisotopic (exact) mass is 414 g/mol. The second-order valence-electron chi connectivity index (χ2n) is 6.53. The Labute approximate surface area is 174 Å². The van der Waals surface area contributed by atoms with Crippen LogP contribution in [0.4, 0.5) is 4.79 Å². The number of nitrogens with one attached hydrogen (secondary N) is 2. The van der Waals surface area contributed by atoms with E-state index in [1.165, 1.54) is 0 Å². The first-order valence-electron chi connectivity index (χ1n) is 9.42. The second-order valence-corrected chi connectivity index (χ2v) is 6.91. The average molecular weight is 415 g/mol. The lowest BCUT2D eigenvalue weighted by Gasteiger charge is -2.17. The SMILES string of the molecule is O=C(NC(Cc1c[nH]c2ccccc12)C(=O)OCc1ccccc1)OCCCCl. The third-order valence-electron chi connectivity index (χ3n) is 4.41. The molecule has 0 aliphatic rings. The second kappa shape index (κ2) is 10.5. The van der Waals surface area contributed by atoms with Crippen LogP contribution in [0.3, 0.4) is 0 Å². The smallest absolute Gasteiger partial charge is 0.407 e. The molecule has 1 atom stereocenters. The van der Waals surface area contributed by atoms with Gasteiger partial charge in [-0.1, -0.05) is 48.5 Å². The minimum Gasteiger partial charge on any atom is -0.459 e. The van der Waals surface area contributed by atoms with Crippen molar-refractivity contribution in [2.75, 3.05) is 12.5 Å². The zero-order valence-corrected chi connectivity index (χ0v) is 16.7. The Bertz CT molecular complexity index is 942. The van der Waals surface area contributed by atoms with Crippen LogP contribution in [0, 0.1) is 0 Å². The molecule has 0 aliphatic carbocycles. The zero-order valence-electron chi connectivity index (χ0n) is 15.9. The highest BCUT2D eigenvalue weighted by Crippen LogP contribution is 2.19. The number of rotatable bonds is 9. The van der Waals surface area contributed by atoms with Crippen molar-refractivity contribution in [1.29, 1.82) is 0 Å². The molecule has 1 unspecified atom stereocenters. The molecule has 0 saturated carbocycles. The van der Waals surface area contributed by atoms with Gasteiger partial charge >= 0.3 is 12.1 Å². The lowest BCUT2D eigenvalue weighted by Crippen LogP contribution is -2.43. The minimum absolute atomic E-state index is 0.132. The number of fused-ring (bicyclic) bond motifs is 1. The predicted molar refractivity (Wildman–Crippen MR) is 112 cm³/mol. The molecule has 3 rings (SSSR count). The highest BCUT2D eigenvalue weighted by molar-refractivity contribution is 6.17. The summed E-state index contributed by atoms with van der Waals surface area (Å²) in [6.07, 6.45) is 1.99. The number of esters is 1. The van der Waals surface area contributed by atoms with Crippen LogP contribution in [-0.4, -0.2) is 35.6 Å². The fourth-order valence-corrected chi connectivity index (χ4v) is 3.06. The van der Waals surface area contributed by atoms with Crippen molar-refractivity contribution in [3.05, 3.63) is 71.9 Å². The number of halogens is 1. The number of carbonyl (C=O) groups is 2. The number of alkyl halides is 1. The number of hydrogen-bond donors (Lipinski definition) is 2. The van der Waals surface area contributed by atoms with Crippen LogP contribution < -0.4 is 5.32 Å². The highest BCUT2D eigenvalue weighted by atomic mass is 35.5. The van der Waals surface area contributed by atoms with E-state index >= 15 is 0 Å². The Hall–Kier alpha value is -2.99. The largest absolute Gasteiger partial charge is 0.459 e. The van der Waals surface area contributed by atoms with E-state index in [4.69, 9.17) is 21.1 Å². The standard InChI is InChI=1S/C22H23ClN2O4/c23-11-6-12-28-22(27)25-20(21(26)29-15-16-7-2-1-3-8-16)13-17-14-24-19-10-5-4-9-18(17)19/h1-5,7-10,14,20,24H,6,11-13,15H2,(H,25,27). The number of hydrogen-bond acceptors (Lipinski definition) is 4. The maximum atomic E-state index is 12.7. The van der Waals surface area contributed by atoms with Crippen LogP contribution in [0.5, 0.6) is 0 Å². The van der Waals surface area contributed by atoms with Crippen molar-refractivity contribution >= 4 is 34.6 Å². The number of para-hydroxylation sites is 1. The number of ether oxygens (including phenoxy) is 2. The van der Waals surface area contributed by atoms with E-state index in [0.717, 1.165) is 22.0 Å². The van der Waals surface area contributed by atoms with Gasteiger partial charge in [-0.2, -0.15) is 0 Å². The number of amides is 1. The average Bonchev–Trinajstić information content (AvgIpc) is 3.15. The summed E-state index contributed by atoms with van der Waals surface area (Å²) in [5, 5.41) is 3.61. The first-order chi connectivity index (χ1) is 14.2. The topological polar surface area (TPSA) is 80.4 Å². The molecule has 1 amide bonds. The molecule has 2 N–H and O–H groups in total. The van der Waals surface area contributed by atoms with Crippen LogP contribution in [-0.2, 0) is 27.3 Å². The molecule has 29 heavy (non-hydrogen) atoms. The summed E-state index contributed by atoms with van der Waals surface area (Å²) in [7, 11) is 0. The Morgan fingerprint density at radius 2 is 1.79 bits per heavy atom. The molecule has 0 spiro atoms. The first kappa shape index (κ1) is 20.7. The van der Waals surface area contributed by atoms with Gasteiger partial charge in [-0.15, -0.1) is 11.6 Å². The van der Waals surface area contributed by atoms with Crippen LogP contribution in [0.2, 0.25) is 0 Å². The van der Waals surface area contributed by atoms with E-state index in [9.17, 15) is 9.59 Å². The van der Waals surface area contributed by atoms with Gasteiger partial charge in [0, 0.05) is 29.4 Å². The van der Waals surface area contributed by atoms with Gasteiger partial charge in [-0.25, -0.2) is 9.59 Å². The Morgan fingerprint density at radius 1 is 1.03 bits per heavy atom. The molecule has 6 nitrogen and oxygen atoms in total. The Morgan fingerprint density at radius 3 is 2.59 bits per heavy atom. The molecule has 3 aromatic rings. The normalized spacial score (nSPS) is 11.8. The fourth-order valence-electron chi connectivity index (χ4n) is 2.95. The van der Waals surface area contributed by atoms with E-state index in [1.54, 1.807) is 0 Å². The summed E-state index contributed by atoms with van der Waals surface area (Å²) in [5.41, 5.74) is 2.74. The third-order valence-corrected chi connectivity index (χ3v) is 4.68. The minimum atomic E-state index is -0.874. The van der Waals surface area contributed by atoms with Crippen molar-refractivity contribution in [3.63, 3.8) is 0 Å². The quantitative estimate of drug-likeness (QED) is 0.313. The zero-order chi connectivity index (χ0) is 20.5. The van der Waals surface area contributed by atoms with Gasteiger partial charge < -0.3 is 19.8 Å². The number of aromatic nitrogens is 1. The van der Waals surface area contributed by atoms with E-state index in [2.05, 4.69) is 10.3 Å². The van der Waals surface area contributed by atoms with Gasteiger partial charge in [0.2, 0.25) is 0 Å². The van der Waals surface area contributed by atoms with Gasteiger partial charge in [-0.3, -0.25) is 0 Å². The number of alkyl carbamates (subject to hydrolysis) is 1. The number of benzene rings is 2. The van der Waals surface area contributed by atoms with Gasteiger partial charge in [0.1, 0.15) is 12.6 Å². The van der Waals surface area contributed by atoms with Crippen molar-refractivity contribution < 1.29 is 19.1 Å². The molecule has 1 heterocycles. The molecule has 1 aromatic heterocycles. The molecule has 2 aromatic carbocycles. The maximum Gasteiger partial charge on any atom is 0.407 e. The molecular formula is C22H23ClN2O4. The summed E-state index contributed by atoms with van der Waals surface area (Å²) in [6.45, 7) is 0.321. The fraction of sp³-hybridized carbons (Fsp3) is 0.273. The Balaban J connectivity index is 1.69. The number of H-pyrrole nitrogens is 1. The molecule has 7 heteroatoms. The summed E-state index contributed by atoms with van der Waals surface area (Å²) in [6, 6.07) is 16.3. The molecule has 0 bridgehead atoms. The molecular weight excluding hydrogens is 392 g/mol. The summed E-state index contributed by atoms with van der Waals surface area (Å²) in [4.78, 5) is 28.0. The van der Waals surface area contributed by atoms with E-state index < -0.39 is 18.1 Å². The van der Waals surface area contributed by atoms with Crippen molar-refractivity contribution in [2.45, 2.75) is 25.5 Å². The summed E-state index contributed by atoms with van der Waals surface area (Å²) >= 11 is 5.60. The lowest BCUT2D eigenvalue weighted by molar-refractivity contribution is -0.147. The first-order valence-corrected chi connectivity index (χ1v) is 9.95. The van der Waals surface area contributed by atoms with E-state index in [0.29, 0.717) is 12.3 Å². The highest BCUT2D eigenvalue weighted by Gasteiger charge is 2.25.